The summed E-state index contributed by atoms with van der Waals surface area (Å²) in [6, 6.07) is 0.155. The number of hydrogen-bond donors (Lipinski definition) is 1. The van der Waals surface area contributed by atoms with Gasteiger partial charge >= 0.3 is 0 Å². The Hall–Kier alpha value is -0.900. The summed E-state index contributed by atoms with van der Waals surface area (Å²) in [6.45, 7) is 5.00. The minimum absolute atomic E-state index is 0.155. The summed E-state index contributed by atoms with van der Waals surface area (Å²) in [6.07, 6.45) is 4.44. The average molecular weight is 168 g/mol. The lowest BCUT2D eigenvalue weighted by atomic mass is 10.0. The van der Waals surface area contributed by atoms with E-state index < -0.39 is 0 Å². The molecule has 1 aromatic heterocycles. The molecule has 1 rings (SSSR count). The third-order valence-electron chi connectivity index (χ3n) is 2.22. The maximum absolute atomic E-state index is 5.92. The zero-order valence-corrected chi connectivity index (χ0v) is 7.64. The molecule has 0 aliphatic carbocycles. The smallest absolute Gasteiger partial charge is 0.0760 e. The fraction of sp³-hybridized carbons (Fsp3) is 0.750. The van der Waals surface area contributed by atoms with Crippen LogP contribution < -0.4 is 5.73 Å². The molecule has 4 heteroatoms. The van der Waals surface area contributed by atoms with Gasteiger partial charge in [0.25, 0.3) is 0 Å². The molecule has 0 aliphatic rings. The van der Waals surface area contributed by atoms with Crippen molar-refractivity contribution in [3.8, 4) is 0 Å². The highest BCUT2D eigenvalue weighted by Gasteiger charge is 2.11. The van der Waals surface area contributed by atoms with Gasteiger partial charge in [-0.05, 0) is 5.92 Å². The van der Waals surface area contributed by atoms with Gasteiger partial charge in [-0.1, -0.05) is 20.3 Å². The number of rotatable bonds is 4. The van der Waals surface area contributed by atoms with Gasteiger partial charge in [-0.25, -0.2) is 0 Å². The molecule has 0 amide bonds. The number of hydrogen-bond acceptors (Lipinski definition) is 3. The average Bonchev–Trinajstić information content (AvgIpc) is 2.55. The Morgan fingerprint density at radius 2 is 2.00 bits per heavy atom. The van der Waals surface area contributed by atoms with Crippen LogP contribution in [0.4, 0.5) is 0 Å². The summed E-state index contributed by atoms with van der Waals surface area (Å²) in [4.78, 5) is 1.64. The number of nitrogens with zero attached hydrogens (tertiary/aromatic N) is 3. The molecule has 2 N–H and O–H groups in total. The van der Waals surface area contributed by atoms with Crippen LogP contribution in [0.1, 0.15) is 20.3 Å². The molecule has 12 heavy (non-hydrogen) atoms. The predicted molar refractivity (Wildman–Crippen MR) is 47.5 cm³/mol. The Bertz CT molecular complexity index is 207. The van der Waals surface area contributed by atoms with Gasteiger partial charge < -0.3 is 5.73 Å². The first-order valence-corrected chi connectivity index (χ1v) is 4.33. The van der Waals surface area contributed by atoms with E-state index in [2.05, 4.69) is 24.0 Å². The van der Waals surface area contributed by atoms with E-state index in [-0.39, 0.29) is 6.04 Å². The van der Waals surface area contributed by atoms with Gasteiger partial charge in [0.05, 0.1) is 18.9 Å². The van der Waals surface area contributed by atoms with E-state index in [9.17, 15) is 0 Å². The molecule has 68 valence electrons. The highest BCUT2D eigenvalue weighted by molar-refractivity contribution is 4.68. The SMILES string of the molecule is CC[C@@H](C)[C@H](N)Cn1nccn1. The second-order valence-corrected chi connectivity index (χ2v) is 3.13. The first-order chi connectivity index (χ1) is 5.74. The Balaban J connectivity index is 2.41. The normalized spacial score (nSPS) is 15.9. The molecular formula is C8H16N4. The van der Waals surface area contributed by atoms with Crippen molar-refractivity contribution in [2.75, 3.05) is 0 Å². The van der Waals surface area contributed by atoms with Gasteiger partial charge in [0.2, 0.25) is 0 Å². The Morgan fingerprint density at radius 1 is 1.42 bits per heavy atom. The van der Waals surface area contributed by atoms with Gasteiger partial charge in [-0.3, -0.25) is 0 Å². The van der Waals surface area contributed by atoms with Crippen molar-refractivity contribution in [1.29, 1.82) is 0 Å². The summed E-state index contributed by atoms with van der Waals surface area (Å²) >= 11 is 0. The first-order valence-electron chi connectivity index (χ1n) is 4.33. The number of nitrogens with two attached hydrogens (primary N) is 1. The molecule has 0 saturated heterocycles. The molecule has 0 aliphatic heterocycles. The lowest BCUT2D eigenvalue weighted by Gasteiger charge is -2.16. The van der Waals surface area contributed by atoms with E-state index in [0.29, 0.717) is 12.5 Å². The molecule has 0 saturated carbocycles. The lowest BCUT2D eigenvalue weighted by molar-refractivity contribution is 0.361. The van der Waals surface area contributed by atoms with E-state index in [1.165, 1.54) is 0 Å². The van der Waals surface area contributed by atoms with Crippen molar-refractivity contribution in [3.63, 3.8) is 0 Å². The molecule has 4 nitrogen and oxygen atoms in total. The minimum Gasteiger partial charge on any atom is -0.326 e. The van der Waals surface area contributed by atoms with Crippen molar-refractivity contribution < 1.29 is 0 Å². The van der Waals surface area contributed by atoms with Crippen LogP contribution in [-0.2, 0) is 6.54 Å². The van der Waals surface area contributed by atoms with Gasteiger partial charge in [0.1, 0.15) is 0 Å². The van der Waals surface area contributed by atoms with Crippen molar-refractivity contribution in [2.45, 2.75) is 32.9 Å². The summed E-state index contributed by atoms with van der Waals surface area (Å²) < 4.78 is 0. The molecule has 2 atom stereocenters. The Kier molecular flexibility index (Phi) is 3.22. The molecule has 0 aromatic carbocycles. The van der Waals surface area contributed by atoms with Crippen molar-refractivity contribution >= 4 is 0 Å². The molecule has 0 unspecified atom stereocenters. The van der Waals surface area contributed by atoms with E-state index in [4.69, 9.17) is 5.73 Å². The summed E-state index contributed by atoms with van der Waals surface area (Å²) in [5.41, 5.74) is 5.92. The van der Waals surface area contributed by atoms with Crippen LogP contribution in [0.2, 0.25) is 0 Å². The zero-order valence-electron chi connectivity index (χ0n) is 7.64. The maximum atomic E-state index is 5.92. The van der Waals surface area contributed by atoms with Crippen LogP contribution in [0.25, 0.3) is 0 Å². The summed E-state index contributed by atoms with van der Waals surface area (Å²) in [5, 5.41) is 8.00. The third kappa shape index (κ3) is 2.30. The van der Waals surface area contributed by atoms with Crippen LogP contribution in [0.3, 0.4) is 0 Å². The highest BCUT2D eigenvalue weighted by Crippen LogP contribution is 2.05. The van der Waals surface area contributed by atoms with Crippen molar-refractivity contribution in [2.24, 2.45) is 11.7 Å². The van der Waals surface area contributed by atoms with Gasteiger partial charge in [-0.2, -0.15) is 15.0 Å². The molecule has 0 spiro atoms. The summed E-state index contributed by atoms with van der Waals surface area (Å²) in [7, 11) is 0. The third-order valence-corrected chi connectivity index (χ3v) is 2.22. The van der Waals surface area contributed by atoms with E-state index in [1.807, 2.05) is 0 Å². The second kappa shape index (κ2) is 4.21. The largest absolute Gasteiger partial charge is 0.326 e. The van der Waals surface area contributed by atoms with Crippen LogP contribution in [-0.4, -0.2) is 21.0 Å². The van der Waals surface area contributed by atoms with E-state index in [1.54, 1.807) is 17.2 Å². The van der Waals surface area contributed by atoms with Crippen molar-refractivity contribution in [1.82, 2.24) is 15.0 Å². The van der Waals surface area contributed by atoms with Crippen LogP contribution in [0, 0.1) is 5.92 Å². The first kappa shape index (κ1) is 9.19. The Labute approximate surface area is 72.8 Å². The van der Waals surface area contributed by atoms with E-state index in [0.717, 1.165) is 6.42 Å². The summed E-state index contributed by atoms with van der Waals surface area (Å²) in [5.74, 6) is 0.524. The monoisotopic (exact) mass is 168 g/mol. The molecule has 0 bridgehead atoms. The van der Waals surface area contributed by atoms with E-state index >= 15 is 0 Å². The van der Waals surface area contributed by atoms with Crippen molar-refractivity contribution in [3.05, 3.63) is 12.4 Å². The fourth-order valence-electron chi connectivity index (χ4n) is 1.01. The van der Waals surface area contributed by atoms with Gasteiger partial charge in [0, 0.05) is 6.04 Å². The molecular weight excluding hydrogens is 152 g/mol. The standard InChI is InChI=1S/C8H16N4/c1-3-7(2)8(9)6-12-10-4-5-11-12/h4-5,7-8H,3,6,9H2,1-2H3/t7-,8-/m1/s1. The second-order valence-electron chi connectivity index (χ2n) is 3.13. The molecule has 1 heterocycles. The van der Waals surface area contributed by atoms with Crippen LogP contribution >= 0.6 is 0 Å². The van der Waals surface area contributed by atoms with Crippen LogP contribution in [0.15, 0.2) is 12.4 Å². The lowest BCUT2D eigenvalue weighted by Crippen LogP contribution is -2.33. The maximum Gasteiger partial charge on any atom is 0.0760 e. The minimum atomic E-state index is 0.155. The number of aromatic nitrogens is 3. The molecule has 1 aromatic rings. The predicted octanol–water partition coefficient (Wildman–Crippen LogP) is 0.651. The Morgan fingerprint density at radius 3 is 2.50 bits per heavy atom. The molecule has 0 radical (unpaired) electrons. The quantitative estimate of drug-likeness (QED) is 0.718. The van der Waals surface area contributed by atoms with Crippen LogP contribution in [0.5, 0.6) is 0 Å². The zero-order chi connectivity index (χ0) is 8.97. The van der Waals surface area contributed by atoms with Gasteiger partial charge in [0.15, 0.2) is 0 Å². The highest BCUT2D eigenvalue weighted by atomic mass is 15.5. The fourth-order valence-corrected chi connectivity index (χ4v) is 1.01. The topological polar surface area (TPSA) is 56.7 Å². The van der Waals surface area contributed by atoms with Gasteiger partial charge in [-0.15, -0.1) is 0 Å². The molecule has 0 fully saturated rings.